The third-order valence-electron chi connectivity index (χ3n) is 3.56. The van der Waals surface area contributed by atoms with Crippen LogP contribution in [0.25, 0.3) is 6.08 Å². The Kier molecular flexibility index (Phi) is 4.33. The molecule has 128 valence electrons. The van der Waals surface area contributed by atoms with E-state index in [0.717, 1.165) is 41.2 Å². The number of halogens is 1. The summed E-state index contributed by atoms with van der Waals surface area (Å²) in [5.41, 5.74) is 0.323. The quantitative estimate of drug-likeness (QED) is 0.732. The summed E-state index contributed by atoms with van der Waals surface area (Å²) in [4.78, 5) is 29.0. The number of aliphatic imine (C=N–C) groups is 1. The molecule has 1 amide bonds. The number of fused-ring (bicyclic) bond motifs is 3. The largest absolute Gasteiger partial charge is 0.443 e. The summed E-state index contributed by atoms with van der Waals surface area (Å²) < 4.78 is 6.29. The second-order valence-corrected chi connectivity index (χ2v) is 7.55. The molecule has 0 bridgehead atoms. The first-order valence-corrected chi connectivity index (χ1v) is 8.59. The van der Waals surface area contributed by atoms with Gasteiger partial charge in [0.1, 0.15) is 17.3 Å². The van der Waals surface area contributed by atoms with Gasteiger partial charge in [-0.3, -0.25) is 4.99 Å². The molecule has 0 saturated heterocycles. The summed E-state index contributed by atoms with van der Waals surface area (Å²) in [6.07, 6.45) is 4.14. The Morgan fingerprint density at radius 1 is 1.42 bits per heavy atom. The van der Waals surface area contributed by atoms with E-state index in [1.165, 1.54) is 4.90 Å². The molecule has 0 aromatic carbocycles. The van der Waals surface area contributed by atoms with Gasteiger partial charge in [-0.15, -0.1) is 0 Å². The van der Waals surface area contributed by atoms with Crippen LogP contribution in [-0.4, -0.2) is 47.6 Å². The number of amidine groups is 1. The Morgan fingerprint density at radius 2 is 2.17 bits per heavy atom. The number of carbonyl (C=O) groups is 1. The maximum atomic E-state index is 12.2. The molecule has 2 aliphatic rings. The second-order valence-electron chi connectivity index (χ2n) is 6.69. The molecule has 0 fully saturated rings. The van der Waals surface area contributed by atoms with Gasteiger partial charge in [0.25, 0.3) is 0 Å². The molecule has 0 N–H and O–H groups in total. The van der Waals surface area contributed by atoms with Crippen molar-refractivity contribution >= 4 is 45.7 Å². The van der Waals surface area contributed by atoms with Crippen LogP contribution in [0.1, 0.15) is 32.8 Å². The van der Waals surface area contributed by atoms with Crippen LogP contribution in [0.15, 0.2) is 15.7 Å². The van der Waals surface area contributed by atoms with Crippen LogP contribution >= 0.6 is 15.9 Å². The van der Waals surface area contributed by atoms with E-state index in [1.54, 1.807) is 13.2 Å². The van der Waals surface area contributed by atoms with E-state index < -0.39 is 11.7 Å². The zero-order chi connectivity index (χ0) is 17.5. The van der Waals surface area contributed by atoms with E-state index in [2.05, 4.69) is 35.8 Å². The van der Waals surface area contributed by atoms with Gasteiger partial charge < -0.3 is 9.64 Å². The van der Waals surface area contributed by atoms with Gasteiger partial charge in [0.05, 0.1) is 4.48 Å². The maximum Gasteiger partial charge on any atom is 0.416 e. The summed E-state index contributed by atoms with van der Waals surface area (Å²) in [5.74, 6) is 1.94. The van der Waals surface area contributed by atoms with Crippen molar-refractivity contribution in [1.82, 2.24) is 9.97 Å². The molecule has 7 nitrogen and oxygen atoms in total. The third-order valence-corrected chi connectivity index (χ3v) is 4.14. The molecule has 0 spiro atoms. The van der Waals surface area contributed by atoms with Crippen molar-refractivity contribution in [2.75, 3.05) is 29.9 Å². The number of carbonyl (C=O) groups excluding carboxylic acids is 1. The molecular weight excluding hydrogens is 374 g/mol. The van der Waals surface area contributed by atoms with Crippen LogP contribution < -0.4 is 9.80 Å². The molecule has 1 aromatic heterocycles. The summed E-state index contributed by atoms with van der Waals surface area (Å²) in [7, 11) is 1.61. The molecule has 2 aliphatic heterocycles. The van der Waals surface area contributed by atoms with Crippen LogP contribution in [0.2, 0.25) is 0 Å². The van der Waals surface area contributed by atoms with E-state index >= 15 is 0 Å². The third kappa shape index (κ3) is 3.28. The first-order chi connectivity index (χ1) is 11.3. The molecule has 0 aliphatic carbocycles. The van der Waals surface area contributed by atoms with Crippen molar-refractivity contribution in [3.8, 4) is 0 Å². The molecular formula is C16H20BrN5O2. The molecule has 0 unspecified atom stereocenters. The Bertz CT molecular complexity index is 738. The summed E-state index contributed by atoms with van der Waals surface area (Å²) >= 11 is 3.55. The minimum absolute atomic E-state index is 0.305. The fraction of sp³-hybridized carbons (Fsp3) is 0.500. The smallest absolute Gasteiger partial charge is 0.416 e. The summed E-state index contributed by atoms with van der Waals surface area (Å²) in [6, 6.07) is 0. The minimum Gasteiger partial charge on any atom is -0.443 e. The fourth-order valence-electron chi connectivity index (χ4n) is 2.48. The van der Waals surface area contributed by atoms with Gasteiger partial charge >= 0.3 is 6.09 Å². The number of hydrogen-bond donors (Lipinski definition) is 0. The first-order valence-electron chi connectivity index (χ1n) is 7.79. The molecule has 8 heteroatoms. The zero-order valence-electron chi connectivity index (χ0n) is 14.2. The Hall–Kier alpha value is -1.96. The standard InChI is InChI=1S/C16H20BrN5O2/c1-16(2,3)24-15(23)21(4)14-19-9-10-8-11(17)13-18-6-5-7-22(13)12(10)20-14/h8-9H,5-7H2,1-4H3. The Morgan fingerprint density at radius 3 is 2.88 bits per heavy atom. The van der Waals surface area contributed by atoms with Crippen LogP contribution in [0.3, 0.4) is 0 Å². The lowest BCUT2D eigenvalue weighted by Gasteiger charge is -2.33. The molecule has 0 atom stereocenters. The molecule has 24 heavy (non-hydrogen) atoms. The molecule has 0 radical (unpaired) electrons. The maximum absolute atomic E-state index is 12.2. The van der Waals surface area contributed by atoms with Crippen molar-refractivity contribution in [3.05, 3.63) is 16.2 Å². The van der Waals surface area contributed by atoms with E-state index in [9.17, 15) is 4.79 Å². The van der Waals surface area contributed by atoms with Crippen LogP contribution in [0, 0.1) is 0 Å². The number of anilines is 2. The number of hydrogen-bond acceptors (Lipinski definition) is 6. The van der Waals surface area contributed by atoms with Crippen LogP contribution in [-0.2, 0) is 4.74 Å². The lowest BCUT2D eigenvalue weighted by molar-refractivity contribution is 0.0587. The highest BCUT2D eigenvalue weighted by Gasteiger charge is 2.29. The number of rotatable bonds is 1. The van der Waals surface area contributed by atoms with Crippen molar-refractivity contribution in [2.24, 2.45) is 4.99 Å². The van der Waals surface area contributed by atoms with Crippen molar-refractivity contribution < 1.29 is 9.53 Å². The van der Waals surface area contributed by atoms with E-state index in [4.69, 9.17) is 4.74 Å². The average Bonchev–Trinajstić information content (AvgIpc) is 2.52. The highest BCUT2D eigenvalue weighted by atomic mass is 79.9. The zero-order valence-corrected chi connectivity index (χ0v) is 15.8. The van der Waals surface area contributed by atoms with Gasteiger partial charge in [0.2, 0.25) is 5.95 Å². The topological polar surface area (TPSA) is 70.9 Å². The summed E-state index contributed by atoms with van der Waals surface area (Å²) in [6.45, 7) is 7.11. The van der Waals surface area contributed by atoms with Gasteiger partial charge in [0, 0.05) is 31.9 Å². The van der Waals surface area contributed by atoms with Gasteiger partial charge in [-0.05, 0) is 49.2 Å². The number of nitrogens with zero attached hydrogens (tertiary/aromatic N) is 5. The minimum atomic E-state index is -0.570. The van der Waals surface area contributed by atoms with Crippen molar-refractivity contribution in [1.29, 1.82) is 0 Å². The fourth-order valence-corrected chi connectivity index (χ4v) is 3.07. The van der Waals surface area contributed by atoms with Gasteiger partial charge in [-0.2, -0.15) is 4.98 Å². The Balaban J connectivity index is 1.93. The summed E-state index contributed by atoms with van der Waals surface area (Å²) in [5, 5.41) is 0. The predicted molar refractivity (Wildman–Crippen MR) is 97.8 cm³/mol. The van der Waals surface area contributed by atoms with E-state index in [0.29, 0.717) is 5.95 Å². The monoisotopic (exact) mass is 393 g/mol. The second kappa shape index (κ2) is 6.16. The van der Waals surface area contributed by atoms with E-state index in [-0.39, 0.29) is 0 Å². The number of ether oxygens (including phenoxy) is 1. The lowest BCUT2D eigenvalue weighted by atomic mass is 10.1. The molecule has 1 aromatic rings. The molecule has 0 saturated carbocycles. The molecule has 3 rings (SSSR count). The van der Waals surface area contributed by atoms with Crippen LogP contribution in [0.4, 0.5) is 16.6 Å². The average molecular weight is 394 g/mol. The van der Waals surface area contributed by atoms with Gasteiger partial charge in [0.15, 0.2) is 0 Å². The highest BCUT2D eigenvalue weighted by Crippen LogP contribution is 2.33. The first kappa shape index (κ1) is 16.9. The van der Waals surface area contributed by atoms with Crippen molar-refractivity contribution in [3.63, 3.8) is 0 Å². The lowest BCUT2D eigenvalue weighted by Crippen LogP contribution is -2.40. The number of aromatic nitrogens is 2. The predicted octanol–water partition coefficient (Wildman–Crippen LogP) is 3.21. The molecule has 3 heterocycles. The van der Waals surface area contributed by atoms with Gasteiger partial charge in [-0.1, -0.05) is 0 Å². The van der Waals surface area contributed by atoms with Crippen LogP contribution in [0.5, 0.6) is 0 Å². The highest BCUT2D eigenvalue weighted by molar-refractivity contribution is 9.12. The SMILES string of the molecule is CN(C(=O)OC(C)(C)C)c1ncc2c(n1)N1CCCN=C1C(Br)=C2. The van der Waals surface area contributed by atoms with Crippen molar-refractivity contribution in [2.45, 2.75) is 32.8 Å². The number of amides is 1. The van der Waals surface area contributed by atoms with Gasteiger partial charge in [-0.25, -0.2) is 14.7 Å². The van der Waals surface area contributed by atoms with E-state index in [1.807, 2.05) is 26.8 Å². The normalized spacial score (nSPS) is 16.6. The Labute approximate surface area is 149 Å².